The number of nitrogen functional groups attached to an aromatic ring is 1. The summed E-state index contributed by atoms with van der Waals surface area (Å²) in [6, 6.07) is 2.41. The maximum absolute atomic E-state index is 13.8. The van der Waals surface area contributed by atoms with Gasteiger partial charge >= 0.3 is 0 Å². The summed E-state index contributed by atoms with van der Waals surface area (Å²) in [6.07, 6.45) is 1.33. The number of nitrogens with two attached hydrogens (primary N) is 1. The molecule has 0 saturated carbocycles. The van der Waals surface area contributed by atoms with E-state index in [9.17, 15) is 12.8 Å². The minimum Gasteiger partial charge on any atom is -0.399 e. The van der Waals surface area contributed by atoms with E-state index in [4.69, 9.17) is 10.5 Å². The molecule has 3 N–H and O–H groups in total. The van der Waals surface area contributed by atoms with Crippen LogP contribution in [0.1, 0.15) is 12.8 Å². The van der Waals surface area contributed by atoms with Crippen LogP contribution in [0.3, 0.4) is 0 Å². The third-order valence-electron chi connectivity index (χ3n) is 2.37. The highest BCUT2D eigenvalue weighted by Gasteiger charge is 2.21. The van der Waals surface area contributed by atoms with Crippen molar-refractivity contribution >= 4 is 31.6 Å². The van der Waals surface area contributed by atoms with Gasteiger partial charge in [0, 0.05) is 25.9 Å². The molecular formula is C11H16BrFN2O3S. The van der Waals surface area contributed by atoms with Crippen molar-refractivity contribution in [1.29, 1.82) is 0 Å². The smallest absolute Gasteiger partial charge is 0.243 e. The fraction of sp³-hybridized carbons (Fsp3) is 0.455. The van der Waals surface area contributed by atoms with Crippen molar-refractivity contribution in [1.82, 2.24) is 4.72 Å². The Morgan fingerprint density at radius 1 is 1.42 bits per heavy atom. The highest BCUT2D eigenvalue weighted by Crippen LogP contribution is 2.25. The Morgan fingerprint density at radius 3 is 2.74 bits per heavy atom. The van der Waals surface area contributed by atoms with E-state index in [0.717, 1.165) is 12.5 Å². The third kappa shape index (κ3) is 4.72. The Labute approximate surface area is 120 Å². The molecule has 0 saturated heterocycles. The zero-order chi connectivity index (χ0) is 14.5. The molecule has 1 rings (SSSR count). The van der Waals surface area contributed by atoms with Crippen molar-refractivity contribution in [3.05, 3.63) is 22.4 Å². The average Bonchev–Trinajstić information content (AvgIpc) is 2.33. The van der Waals surface area contributed by atoms with Gasteiger partial charge in [-0.15, -0.1) is 0 Å². The van der Waals surface area contributed by atoms with Crippen LogP contribution in [0.4, 0.5) is 10.1 Å². The van der Waals surface area contributed by atoms with E-state index in [2.05, 4.69) is 20.7 Å². The average molecular weight is 355 g/mol. The van der Waals surface area contributed by atoms with Crippen LogP contribution in [0, 0.1) is 5.82 Å². The van der Waals surface area contributed by atoms with Gasteiger partial charge in [0.05, 0.1) is 4.47 Å². The van der Waals surface area contributed by atoms with Crippen molar-refractivity contribution in [3.8, 4) is 0 Å². The molecule has 108 valence electrons. The lowest BCUT2D eigenvalue weighted by Gasteiger charge is -2.09. The number of anilines is 1. The minimum absolute atomic E-state index is 0.0206. The monoisotopic (exact) mass is 354 g/mol. The fourth-order valence-corrected chi connectivity index (χ4v) is 3.25. The summed E-state index contributed by atoms with van der Waals surface area (Å²) in [5.41, 5.74) is 5.69. The van der Waals surface area contributed by atoms with Gasteiger partial charge in [0.15, 0.2) is 5.82 Å². The lowest BCUT2D eigenvalue weighted by molar-refractivity contribution is 0.193. The highest BCUT2D eigenvalue weighted by atomic mass is 79.9. The summed E-state index contributed by atoms with van der Waals surface area (Å²) in [5, 5.41) is 0. The second-order valence-corrected chi connectivity index (χ2v) is 6.50. The van der Waals surface area contributed by atoms with Crippen molar-refractivity contribution < 1.29 is 17.5 Å². The van der Waals surface area contributed by atoms with Crippen LogP contribution in [0.15, 0.2) is 21.5 Å². The molecule has 0 spiro atoms. The van der Waals surface area contributed by atoms with Gasteiger partial charge in [-0.05, 0) is 40.9 Å². The Kier molecular flexibility index (Phi) is 6.18. The van der Waals surface area contributed by atoms with Crippen LogP contribution in [0.2, 0.25) is 0 Å². The van der Waals surface area contributed by atoms with Crippen LogP contribution in [0.25, 0.3) is 0 Å². The van der Waals surface area contributed by atoms with E-state index in [1.165, 1.54) is 6.07 Å². The molecule has 0 amide bonds. The molecule has 0 heterocycles. The summed E-state index contributed by atoms with van der Waals surface area (Å²) in [6.45, 7) is 0.775. The lowest BCUT2D eigenvalue weighted by Crippen LogP contribution is -2.26. The highest BCUT2D eigenvalue weighted by molar-refractivity contribution is 9.10. The second-order valence-electron chi connectivity index (χ2n) is 3.91. The van der Waals surface area contributed by atoms with E-state index in [0.29, 0.717) is 13.0 Å². The van der Waals surface area contributed by atoms with Crippen LogP contribution in [-0.4, -0.2) is 28.7 Å². The maximum atomic E-state index is 13.8. The number of benzene rings is 1. The van der Waals surface area contributed by atoms with E-state index < -0.39 is 20.7 Å². The van der Waals surface area contributed by atoms with E-state index in [-0.39, 0.29) is 16.7 Å². The Bertz CT molecular complexity index is 537. The molecule has 8 heteroatoms. The first kappa shape index (κ1) is 16.4. The van der Waals surface area contributed by atoms with Gasteiger partial charge in [-0.2, -0.15) is 0 Å². The van der Waals surface area contributed by atoms with Gasteiger partial charge in [-0.25, -0.2) is 17.5 Å². The summed E-state index contributed by atoms with van der Waals surface area (Å²) >= 11 is 2.93. The normalized spacial score (nSPS) is 11.7. The number of unbranched alkanes of at least 4 members (excludes halogenated alkanes) is 1. The van der Waals surface area contributed by atoms with Gasteiger partial charge in [0.1, 0.15) is 4.90 Å². The molecule has 0 fully saturated rings. The van der Waals surface area contributed by atoms with Crippen LogP contribution < -0.4 is 10.5 Å². The molecule has 0 bridgehead atoms. The number of sulfonamides is 1. The number of methoxy groups -OCH3 is 1. The first-order valence-electron chi connectivity index (χ1n) is 5.61. The molecule has 0 radical (unpaired) electrons. The van der Waals surface area contributed by atoms with Crippen molar-refractivity contribution in [3.63, 3.8) is 0 Å². The fourth-order valence-electron chi connectivity index (χ4n) is 1.44. The quantitative estimate of drug-likeness (QED) is 0.578. The summed E-state index contributed by atoms with van der Waals surface area (Å²) < 4.78 is 44.8. The number of hydrogen-bond acceptors (Lipinski definition) is 4. The predicted octanol–water partition coefficient (Wildman–Crippen LogP) is 1.88. The standard InChI is InChI=1S/C11H16BrFN2O3S/c1-18-5-3-2-4-15-19(16,17)10-7-8(14)6-9(12)11(10)13/h6-7,15H,2-5,14H2,1H3. The van der Waals surface area contributed by atoms with Crippen LogP contribution in [-0.2, 0) is 14.8 Å². The third-order valence-corrected chi connectivity index (χ3v) is 4.41. The summed E-state index contributed by atoms with van der Waals surface area (Å²) in [5.74, 6) is -0.849. The molecule has 0 aromatic heterocycles. The first-order valence-corrected chi connectivity index (χ1v) is 7.89. The van der Waals surface area contributed by atoms with Crippen molar-refractivity contribution in [2.24, 2.45) is 0 Å². The van der Waals surface area contributed by atoms with Gasteiger partial charge < -0.3 is 10.5 Å². The molecule has 5 nitrogen and oxygen atoms in total. The van der Waals surface area contributed by atoms with Crippen LogP contribution in [0.5, 0.6) is 0 Å². The Morgan fingerprint density at radius 2 is 2.11 bits per heavy atom. The van der Waals surface area contributed by atoms with Crippen molar-refractivity contribution in [2.75, 3.05) is 26.0 Å². The Hall–Kier alpha value is -0.700. The van der Waals surface area contributed by atoms with E-state index in [1.807, 2.05) is 0 Å². The zero-order valence-electron chi connectivity index (χ0n) is 10.4. The van der Waals surface area contributed by atoms with Gasteiger partial charge in [0.25, 0.3) is 0 Å². The predicted molar refractivity (Wildman–Crippen MR) is 74.8 cm³/mol. The molecule has 0 aliphatic heterocycles. The number of rotatable bonds is 7. The molecular weight excluding hydrogens is 339 g/mol. The molecule has 0 aliphatic carbocycles. The van der Waals surface area contributed by atoms with Gasteiger partial charge in [-0.1, -0.05) is 0 Å². The van der Waals surface area contributed by atoms with Crippen molar-refractivity contribution in [2.45, 2.75) is 17.7 Å². The summed E-state index contributed by atoms with van der Waals surface area (Å²) in [7, 11) is -2.33. The number of halogens is 2. The van der Waals surface area contributed by atoms with Gasteiger partial charge in [0.2, 0.25) is 10.0 Å². The largest absolute Gasteiger partial charge is 0.399 e. The lowest BCUT2D eigenvalue weighted by atomic mass is 10.3. The zero-order valence-corrected chi connectivity index (χ0v) is 12.9. The second kappa shape index (κ2) is 7.18. The first-order chi connectivity index (χ1) is 8.88. The minimum atomic E-state index is -3.90. The number of hydrogen-bond donors (Lipinski definition) is 2. The number of ether oxygens (including phenoxy) is 1. The van der Waals surface area contributed by atoms with E-state index in [1.54, 1.807) is 7.11 Å². The van der Waals surface area contributed by atoms with Gasteiger partial charge in [-0.3, -0.25) is 0 Å². The maximum Gasteiger partial charge on any atom is 0.243 e. The molecule has 0 atom stereocenters. The molecule has 1 aromatic carbocycles. The van der Waals surface area contributed by atoms with E-state index >= 15 is 0 Å². The molecule has 1 aromatic rings. The number of nitrogens with one attached hydrogen (secondary N) is 1. The van der Waals surface area contributed by atoms with Crippen LogP contribution >= 0.6 is 15.9 Å². The Balaban J connectivity index is 2.78. The topological polar surface area (TPSA) is 81.4 Å². The molecule has 19 heavy (non-hydrogen) atoms. The molecule has 0 unspecified atom stereocenters. The molecule has 0 aliphatic rings. The SMILES string of the molecule is COCCCCNS(=O)(=O)c1cc(N)cc(Br)c1F. The summed E-state index contributed by atoms with van der Waals surface area (Å²) in [4.78, 5) is -0.453.